The summed E-state index contributed by atoms with van der Waals surface area (Å²) >= 11 is 0. The van der Waals surface area contributed by atoms with Gasteiger partial charge >= 0.3 is 0 Å². The van der Waals surface area contributed by atoms with Crippen molar-refractivity contribution in [3.8, 4) is 11.5 Å². The highest BCUT2D eigenvalue weighted by atomic mass is 16.5. The smallest absolute Gasteiger partial charge is 0.261 e. The number of hydrogen-bond acceptors (Lipinski definition) is 6. The zero-order valence-corrected chi connectivity index (χ0v) is 11.6. The number of nitrogens with zero attached hydrogens (tertiary/aromatic N) is 4. The van der Waals surface area contributed by atoms with E-state index in [4.69, 9.17) is 10.3 Å². The molecule has 1 aliphatic heterocycles. The van der Waals surface area contributed by atoms with Gasteiger partial charge in [0, 0.05) is 31.7 Å². The maximum atomic E-state index is 5.96. The van der Waals surface area contributed by atoms with E-state index in [-0.39, 0.29) is 0 Å². The van der Waals surface area contributed by atoms with Crippen molar-refractivity contribution < 1.29 is 4.52 Å². The fourth-order valence-corrected chi connectivity index (χ4v) is 2.43. The Labute approximate surface area is 118 Å². The molecule has 2 N–H and O–H groups in total. The average Bonchev–Trinajstić information content (AvgIpc) is 2.97. The van der Waals surface area contributed by atoms with Crippen LogP contribution in [-0.4, -0.2) is 34.3 Å². The lowest BCUT2D eigenvalue weighted by atomic mass is 10.1. The fraction of sp³-hybridized carbons (Fsp3) is 0.500. The molecule has 3 rings (SSSR count). The summed E-state index contributed by atoms with van der Waals surface area (Å²) in [4.78, 5) is 11.1. The summed E-state index contributed by atoms with van der Waals surface area (Å²) in [7, 11) is 0. The van der Waals surface area contributed by atoms with Gasteiger partial charge in [0.1, 0.15) is 5.82 Å². The monoisotopic (exact) mass is 273 g/mol. The molecule has 3 heterocycles. The van der Waals surface area contributed by atoms with E-state index in [1.165, 1.54) is 0 Å². The Balaban J connectivity index is 1.91. The summed E-state index contributed by atoms with van der Waals surface area (Å²) in [6.07, 6.45) is 4.53. The lowest BCUT2D eigenvalue weighted by Gasteiger charge is -2.31. The van der Waals surface area contributed by atoms with Gasteiger partial charge in [0.25, 0.3) is 5.89 Å². The minimum atomic E-state index is 0.300. The molecule has 2 aromatic heterocycles. The molecule has 0 bridgehead atoms. The van der Waals surface area contributed by atoms with E-state index < -0.39 is 0 Å². The van der Waals surface area contributed by atoms with Crippen LogP contribution in [-0.2, 0) is 6.42 Å². The molecule has 0 atom stereocenters. The van der Waals surface area contributed by atoms with Gasteiger partial charge in [0.2, 0.25) is 0 Å². The predicted octanol–water partition coefficient (Wildman–Crippen LogP) is 1.62. The van der Waals surface area contributed by atoms with Crippen molar-refractivity contribution in [2.75, 3.05) is 18.0 Å². The summed E-state index contributed by atoms with van der Waals surface area (Å²) in [5, 5.41) is 3.96. The number of aromatic nitrogens is 3. The summed E-state index contributed by atoms with van der Waals surface area (Å²) in [6.45, 7) is 3.84. The molecule has 1 aliphatic rings. The molecule has 0 aromatic carbocycles. The van der Waals surface area contributed by atoms with Crippen molar-refractivity contribution in [1.29, 1.82) is 0 Å². The first-order chi connectivity index (χ1) is 9.78. The number of pyridine rings is 1. The summed E-state index contributed by atoms with van der Waals surface area (Å²) < 4.78 is 5.34. The van der Waals surface area contributed by atoms with Gasteiger partial charge < -0.3 is 15.2 Å². The Kier molecular flexibility index (Phi) is 3.64. The van der Waals surface area contributed by atoms with Crippen LogP contribution < -0.4 is 10.6 Å². The van der Waals surface area contributed by atoms with E-state index in [0.717, 1.165) is 49.6 Å². The predicted molar refractivity (Wildman–Crippen MR) is 76.3 cm³/mol. The van der Waals surface area contributed by atoms with Crippen molar-refractivity contribution in [2.45, 2.75) is 32.2 Å². The minimum absolute atomic E-state index is 0.300. The van der Waals surface area contributed by atoms with Gasteiger partial charge in [-0.15, -0.1) is 0 Å². The first-order valence-electron chi connectivity index (χ1n) is 7.06. The van der Waals surface area contributed by atoms with Gasteiger partial charge in [-0.05, 0) is 25.0 Å². The average molecular weight is 273 g/mol. The zero-order chi connectivity index (χ0) is 13.9. The Morgan fingerprint density at radius 1 is 1.40 bits per heavy atom. The second-order valence-electron chi connectivity index (χ2n) is 5.07. The van der Waals surface area contributed by atoms with E-state index in [9.17, 15) is 0 Å². The van der Waals surface area contributed by atoms with Gasteiger partial charge in [-0.25, -0.2) is 4.98 Å². The number of hydrogen-bond donors (Lipinski definition) is 1. The highest BCUT2D eigenvalue weighted by molar-refractivity contribution is 5.69. The molecule has 20 heavy (non-hydrogen) atoms. The first kappa shape index (κ1) is 13.1. The van der Waals surface area contributed by atoms with Crippen LogP contribution >= 0.6 is 0 Å². The van der Waals surface area contributed by atoms with E-state index in [0.29, 0.717) is 11.9 Å². The van der Waals surface area contributed by atoms with E-state index in [2.05, 4.69) is 20.0 Å². The largest absolute Gasteiger partial charge is 0.356 e. The highest BCUT2D eigenvalue weighted by Crippen LogP contribution is 2.29. The molecular formula is C14H19N5O. The number of anilines is 1. The number of rotatable bonds is 3. The lowest BCUT2D eigenvalue weighted by Crippen LogP contribution is -2.40. The fourth-order valence-electron chi connectivity index (χ4n) is 2.43. The summed E-state index contributed by atoms with van der Waals surface area (Å²) in [5.41, 5.74) is 6.86. The molecule has 106 valence electrons. The van der Waals surface area contributed by atoms with Crippen LogP contribution in [0, 0.1) is 0 Å². The topological polar surface area (TPSA) is 81.1 Å². The van der Waals surface area contributed by atoms with Crippen LogP contribution in [0.15, 0.2) is 22.9 Å². The quantitative estimate of drug-likeness (QED) is 0.915. The van der Waals surface area contributed by atoms with Crippen molar-refractivity contribution in [3.63, 3.8) is 0 Å². The molecule has 6 nitrogen and oxygen atoms in total. The van der Waals surface area contributed by atoms with Crippen LogP contribution in [0.5, 0.6) is 0 Å². The summed E-state index contributed by atoms with van der Waals surface area (Å²) in [5.74, 6) is 2.17. The van der Waals surface area contributed by atoms with Gasteiger partial charge in [-0.3, -0.25) is 0 Å². The molecule has 0 unspecified atom stereocenters. The Bertz CT molecular complexity index is 574. The normalized spacial score (nSPS) is 16.6. The Morgan fingerprint density at radius 2 is 2.20 bits per heavy atom. The second kappa shape index (κ2) is 5.58. The Hall–Kier alpha value is -1.95. The van der Waals surface area contributed by atoms with Crippen molar-refractivity contribution in [3.05, 3.63) is 24.2 Å². The molecule has 0 aliphatic carbocycles. The Morgan fingerprint density at radius 3 is 2.90 bits per heavy atom. The van der Waals surface area contributed by atoms with Gasteiger partial charge in [-0.1, -0.05) is 12.1 Å². The highest BCUT2D eigenvalue weighted by Gasteiger charge is 2.22. The third-order valence-corrected chi connectivity index (χ3v) is 3.64. The summed E-state index contributed by atoms with van der Waals surface area (Å²) in [6, 6.07) is 4.17. The van der Waals surface area contributed by atoms with Crippen LogP contribution in [0.2, 0.25) is 0 Å². The molecule has 0 saturated carbocycles. The molecule has 1 saturated heterocycles. The lowest BCUT2D eigenvalue weighted by molar-refractivity contribution is 0.423. The van der Waals surface area contributed by atoms with E-state index >= 15 is 0 Å². The molecule has 6 heteroatoms. The molecule has 0 spiro atoms. The molecule has 0 amide bonds. The van der Waals surface area contributed by atoms with E-state index in [1.807, 2.05) is 19.1 Å². The molecule has 1 fully saturated rings. The third kappa shape index (κ3) is 2.51. The van der Waals surface area contributed by atoms with Crippen molar-refractivity contribution >= 4 is 5.82 Å². The molecule has 2 aromatic rings. The maximum absolute atomic E-state index is 5.96. The van der Waals surface area contributed by atoms with Gasteiger partial charge in [0.15, 0.2) is 5.82 Å². The number of nitrogens with two attached hydrogens (primary N) is 1. The SMILES string of the molecule is CCc1noc(-c2cccnc2N2CCC(N)CC2)n1. The van der Waals surface area contributed by atoms with Crippen LogP contribution in [0.4, 0.5) is 5.82 Å². The number of aryl methyl sites for hydroxylation is 1. The number of piperidine rings is 1. The third-order valence-electron chi connectivity index (χ3n) is 3.64. The maximum Gasteiger partial charge on any atom is 0.261 e. The molecular weight excluding hydrogens is 254 g/mol. The second-order valence-corrected chi connectivity index (χ2v) is 5.07. The minimum Gasteiger partial charge on any atom is -0.356 e. The van der Waals surface area contributed by atoms with Gasteiger partial charge in [0.05, 0.1) is 5.56 Å². The molecule has 0 radical (unpaired) electrons. The van der Waals surface area contributed by atoms with Gasteiger partial charge in [-0.2, -0.15) is 4.98 Å². The van der Waals surface area contributed by atoms with E-state index in [1.54, 1.807) is 6.20 Å². The van der Waals surface area contributed by atoms with Crippen molar-refractivity contribution in [2.24, 2.45) is 5.73 Å². The van der Waals surface area contributed by atoms with Crippen molar-refractivity contribution in [1.82, 2.24) is 15.1 Å². The van der Waals surface area contributed by atoms with Crippen LogP contribution in [0.3, 0.4) is 0 Å². The first-order valence-corrected chi connectivity index (χ1v) is 7.06. The standard InChI is InChI=1S/C14H19N5O/c1-2-12-17-14(20-18-12)11-4-3-7-16-13(11)19-8-5-10(15)6-9-19/h3-4,7,10H,2,5-6,8-9,15H2,1H3. The van der Waals surface area contributed by atoms with Crippen LogP contribution in [0.1, 0.15) is 25.6 Å². The zero-order valence-electron chi connectivity index (χ0n) is 11.6. The van der Waals surface area contributed by atoms with Crippen LogP contribution in [0.25, 0.3) is 11.5 Å².